The summed E-state index contributed by atoms with van der Waals surface area (Å²) in [5, 5.41) is 5.16. The van der Waals surface area contributed by atoms with E-state index < -0.39 is 0 Å². The van der Waals surface area contributed by atoms with Gasteiger partial charge in [-0.05, 0) is 80.1 Å². The first-order valence-electron chi connectivity index (χ1n) is 15.5. The van der Waals surface area contributed by atoms with Crippen LogP contribution in [-0.2, 0) is 0 Å². The molecule has 49 heavy (non-hydrogen) atoms. The summed E-state index contributed by atoms with van der Waals surface area (Å²) in [6.45, 7) is 3.93. The molecule has 0 aliphatic heterocycles. The maximum Gasteiger partial charge on any atom is 0.182 e. The predicted octanol–water partition coefficient (Wildman–Crippen LogP) is 7.73. The number of nitrogens with zero attached hydrogens (tertiary/aromatic N) is 7. The van der Waals surface area contributed by atoms with Crippen LogP contribution in [-0.4, -0.2) is 39.9 Å². The van der Waals surface area contributed by atoms with Crippen molar-refractivity contribution >= 4 is 38.8 Å². The normalized spacial score (nSPS) is 12.4. The smallest absolute Gasteiger partial charge is 0.182 e. The van der Waals surface area contributed by atoms with Crippen molar-refractivity contribution in [2.45, 2.75) is 25.9 Å². The van der Waals surface area contributed by atoms with E-state index >= 15 is 0 Å². The highest BCUT2D eigenvalue weighted by Crippen LogP contribution is 2.32. The SMILES string of the molecule is C[C@H](N)c1cc2ccc(F)cc2nc1-c1cccnc1.C[C@H](Nc1ncnc2nc[nH]c12)c1cc2ccc(F)cc2nc1-c1cccnc1. The van der Waals surface area contributed by atoms with E-state index in [0.29, 0.717) is 22.5 Å². The number of halogens is 2. The molecule has 4 N–H and O–H groups in total. The number of nitrogens with two attached hydrogens (primary N) is 1. The van der Waals surface area contributed by atoms with Crippen molar-refractivity contribution in [3.8, 4) is 22.5 Å². The van der Waals surface area contributed by atoms with E-state index in [1.807, 2.05) is 50.2 Å². The number of pyridine rings is 4. The summed E-state index contributed by atoms with van der Waals surface area (Å²) < 4.78 is 27.1. The first-order valence-corrected chi connectivity index (χ1v) is 15.5. The monoisotopic (exact) mass is 652 g/mol. The molecule has 8 aromatic rings. The van der Waals surface area contributed by atoms with Gasteiger partial charge in [-0.15, -0.1) is 0 Å². The van der Waals surface area contributed by atoms with Crippen LogP contribution in [0.2, 0.25) is 0 Å². The summed E-state index contributed by atoms with van der Waals surface area (Å²) in [6.07, 6.45) is 9.96. The van der Waals surface area contributed by atoms with E-state index in [1.165, 1.54) is 30.6 Å². The van der Waals surface area contributed by atoms with Gasteiger partial charge in [0.15, 0.2) is 11.5 Å². The van der Waals surface area contributed by atoms with Crippen molar-refractivity contribution in [1.82, 2.24) is 39.9 Å². The fourth-order valence-electron chi connectivity index (χ4n) is 5.62. The summed E-state index contributed by atoms with van der Waals surface area (Å²) in [6, 6.07) is 20.4. The Balaban J connectivity index is 0.000000166. The average molecular weight is 653 g/mol. The molecule has 2 aromatic carbocycles. The van der Waals surface area contributed by atoms with E-state index in [1.54, 1.807) is 43.2 Å². The number of rotatable bonds is 6. The van der Waals surface area contributed by atoms with Crippen LogP contribution in [0.4, 0.5) is 14.6 Å². The van der Waals surface area contributed by atoms with Crippen LogP contribution in [0.1, 0.15) is 37.1 Å². The summed E-state index contributed by atoms with van der Waals surface area (Å²) >= 11 is 0. The molecule has 6 heterocycles. The minimum atomic E-state index is -0.316. The zero-order valence-electron chi connectivity index (χ0n) is 26.5. The molecule has 242 valence electrons. The van der Waals surface area contributed by atoms with Crippen molar-refractivity contribution in [3.63, 3.8) is 0 Å². The van der Waals surface area contributed by atoms with Crippen LogP contribution in [0, 0.1) is 11.6 Å². The van der Waals surface area contributed by atoms with Gasteiger partial charge in [-0.3, -0.25) is 9.97 Å². The van der Waals surface area contributed by atoms with Crippen molar-refractivity contribution in [2.24, 2.45) is 5.73 Å². The number of aromatic amines is 1. The van der Waals surface area contributed by atoms with Gasteiger partial charge in [-0.1, -0.05) is 0 Å². The number of aromatic nitrogens is 8. The number of benzene rings is 2. The first-order chi connectivity index (χ1) is 23.8. The van der Waals surface area contributed by atoms with Crippen molar-refractivity contribution in [3.05, 3.63) is 133 Å². The van der Waals surface area contributed by atoms with Gasteiger partial charge >= 0.3 is 0 Å². The Morgan fingerprint density at radius 1 is 0.714 bits per heavy atom. The second-order valence-corrected chi connectivity index (χ2v) is 11.5. The lowest BCUT2D eigenvalue weighted by Crippen LogP contribution is -2.11. The molecule has 0 spiro atoms. The molecular weight excluding hydrogens is 622 g/mol. The molecule has 6 aromatic heterocycles. The van der Waals surface area contributed by atoms with Crippen LogP contribution < -0.4 is 11.1 Å². The van der Waals surface area contributed by atoms with E-state index in [4.69, 9.17) is 10.7 Å². The summed E-state index contributed by atoms with van der Waals surface area (Å²) in [5.41, 5.74) is 13.7. The van der Waals surface area contributed by atoms with Crippen LogP contribution in [0.3, 0.4) is 0 Å². The largest absolute Gasteiger partial charge is 0.362 e. The third kappa shape index (κ3) is 6.62. The third-order valence-electron chi connectivity index (χ3n) is 8.02. The Hall–Kier alpha value is -6.27. The van der Waals surface area contributed by atoms with Gasteiger partial charge in [0.05, 0.1) is 34.8 Å². The molecule has 0 radical (unpaired) electrons. The van der Waals surface area contributed by atoms with Gasteiger partial charge in [0.1, 0.15) is 23.5 Å². The number of hydrogen-bond donors (Lipinski definition) is 3. The number of H-pyrrole nitrogens is 1. The van der Waals surface area contributed by atoms with Crippen LogP contribution in [0.5, 0.6) is 0 Å². The van der Waals surface area contributed by atoms with Gasteiger partial charge in [0.25, 0.3) is 0 Å². The number of fused-ring (bicyclic) bond motifs is 3. The molecule has 8 rings (SSSR count). The third-order valence-corrected chi connectivity index (χ3v) is 8.02. The van der Waals surface area contributed by atoms with Gasteiger partial charge in [-0.2, -0.15) is 0 Å². The molecule has 0 unspecified atom stereocenters. The predicted molar refractivity (Wildman–Crippen MR) is 186 cm³/mol. The maximum atomic E-state index is 13.7. The number of nitrogens with one attached hydrogen (secondary N) is 2. The van der Waals surface area contributed by atoms with Crippen molar-refractivity contribution in [1.29, 1.82) is 0 Å². The Bertz CT molecular complexity index is 2400. The molecule has 0 saturated carbocycles. The quantitative estimate of drug-likeness (QED) is 0.164. The highest BCUT2D eigenvalue weighted by atomic mass is 19.1. The average Bonchev–Trinajstić information content (AvgIpc) is 3.62. The molecule has 0 amide bonds. The summed E-state index contributed by atoms with van der Waals surface area (Å²) in [4.78, 5) is 33.4. The molecular formula is C37H30F2N10. The van der Waals surface area contributed by atoms with E-state index in [-0.39, 0.29) is 23.7 Å². The fourth-order valence-corrected chi connectivity index (χ4v) is 5.62. The lowest BCUT2D eigenvalue weighted by Gasteiger charge is -2.19. The molecule has 0 saturated heterocycles. The Labute approximate surface area is 279 Å². The molecule has 2 atom stereocenters. The molecule has 0 bridgehead atoms. The topological polar surface area (TPSA) is 144 Å². The van der Waals surface area contributed by atoms with E-state index in [2.05, 4.69) is 40.2 Å². The van der Waals surface area contributed by atoms with E-state index in [9.17, 15) is 8.78 Å². The Kier molecular flexibility index (Phi) is 8.60. The molecule has 12 heteroatoms. The van der Waals surface area contributed by atoms with Crippen molar-refractivity contribution < 1.29 is 8.78 Å². The minimum absolute atomic E-state index is 0.145. The maximum absolute atomic E-state index is 13.7. The van der Waals surface area contributed by atoms with Crippen LogP contribution in [0.15, 0.2) is 110 Å². The minimum Gasteiger partial charge on any atom is -0.362 e. The second-order valence-electron chi connectivity index (χ2n) is 11.5. The van der Waals surface area contributed by atoms with Crippen LogP contribution >= 0.6 is 0 Å². The molecule has 0 fully saturated rings. The molecule has 0 aliphatic rings. The number of anilines is 1. The van der Waals surface area contributed by atoms with E-state index in [0.717, 1.165) is 49.9 Å². The summed E-state index contributed by atoms with van der Waals surface area (Å²) in [5.74, 6) is 0.0377. The zero-order chi connectivity index (χ0) is 33.9. The van der Waals surface area contributed by atoms with Crippen molar-refractivity contribution in [2.75, 3.05) is 5.32 Å². The second kappa shape index (κ2) is 13.5. The number of hydrogen-bond acceptors (Lipinski definition) is 9. The Morgan fingerprint density at radius 3 is 1.88 bits per heavy atom. The van der Waals surface area contributed by atoms with Gasteiger partial charge in [0, 0.05) is 70.4 Å². The lowest BCUT2D eigenvalue weighted by atomic mass is 9.99. The first kappa shape index (κ1) is 31.3. The van der Waals surface area contributed by atoms with Crippen LogP contribution in [0.25, 0.3) is 55.5 Å². The van der Waals surface area contributed by atoms with Gasteiger partial charge in [-0.25, -0.2) is 33.7 Å². The lowest BCUT2D eigenvalue weighted by molar-refractivity contribution is 0.629. The highest BCUT2D eigenvalue weighted by Gasteiger charge is 2.18. The number of imidazole rings is 1. The van der Waals surface area contributed by atoms with Gasteiger partial charge < -0.3 is 16.0 Å². The summed E-state index contributed by atoms with van der Waals surface area (Å²) in [7, 11) is 0. The standard InChI is InChI=1S/C21H16FN7.C16H14FN3/c1-12(28-21-19-20(25-10-24-19)26-11-27-21)16-7-13-4-5-15(22)8-17(13)29-18(16)14-3-2-6-23-9-14;1-10(18)14-7-11-4-5-13(17)8-15(11)20-16(14)12-3-2-6-19-9-12/h2-12H,1H3,(H2,24,25,26,27,28);2-10H,18H2,1H3/t12-;10-/m00/s1. The van der Waals surface area contributed by atoms with Gasteiger partial charge in [0.2, 0.25) is 0 Å². The Morgan fingerprint density at radius 2 is 1.31 bits per heavy atom. The fraction of sp³-hybridized carbons (Fsp3) is 0.108. The zero-order valence-corrected chi connectivity index (χ0v) is 26.5. The molecule has 10 nitrogen and oxygen atoms in total. The molecule has 0 aliphatic carbocycles. The highest BCUT2D eigenvalue weighted by molar-refractivity contribution is 5.86.